The highest BCUT2D eigenvalue weighted by Gasteiger charge is 2.16. The molecule has 0 aromatic heterocycles. The third-order valence-electron chi connectivity index (χ3n) is 3.04. The molecule has 0 heterocycles. The summed E-state index contributed by atoms with van der Waals surface area (Å²) in [6, 6.07) is 17.6. The molecule has 104 valence electrons. The summed E-state index contributed by atoms with van der Waals surface area (Å²) in [6.07, 6.45) is 0.345. The third-order valence-corrected chi connectivity index (χ3v) is 3.04. The average Bonchev–Trinajstić information content (AvgIpc) is 2.47. The van der Waals surface area contributed by atoms with Gasteiger partial charge in [-0.25, -0.2) is 0 Å². The minimum absolute atomic E-state index is 0.284. The van der Waals surface area contributed by atoms with E-state index in [2.05, 4.69) is 0 Å². The van der Waals surface area contributed by atoms with Gasteiger partial charge in [0.25, 0.3) is 0 Å². The van der Waals surface area contributed by atoms with Gasteiger partial charge < -0.3 is 9.47 Å². The highest BCUT2D eigenvalue weighted by molar-refractivity contribution is 5.66. The van der Waals surface area contributed by atoms with Crippen molar-refractivity contribution in [2.45, 2.75) is 19.4 Å². The second-order valence-electron chi connectivity index (χ2n) is 4.56. The topological polar surface area (TPSA) is 35.5 Å². The van der Waals surface area contributed by atoms with Crippen LogP contribution < -0.4 is 4.74 Å². The molecule has 0 saturated heterocycles. The van der Waals surface area contributed by atoms with Gasteiger partial charge in [-0.3, -0.25) is 4.79 Å². The summed E-state index contributed by atoms with van der Waals surface area (Å²) in [5.41, 5.74) is 2.06. The molecule has 1 atom stereocenters. The molecule has 0 aliphatic carbocycles. The predicted octanol–water partition coefficient (Wildman–Crippen LogP) is 3.54. The Hall–Kier alpha value is -2.29. The predicted molar refractivity (Wildman–Crippen MR) is 77.6 cm³/mol. The van der Waals surface area contributed by atoms with Gasteiger partial charge >= 0.3 is 5.97 Å². The van der Waals surface area contributed by atoms with E-state index in [4.69, 9.17) is 9.47 Å². The van der Waals surface area contributed by atoms with E-state index in [-0.39, 0.29) is 12.1 Å². The van der Waals surface area contributed by atoms with Crippen LogP contribution in [-0.2, 0) is 16.0 Å². The van der Waals surface area contributed by atoms with Crippen LogP contribution in [0.3, 0.4) is 0 Å². The molecule has 2 rings (SSSR count). The van der Waals surface area contributed by atoms with Gasteiger partial charge in [-0.1, -0.05) is 42.5 Å². The van der Waals surface area contributed by atoms with Crippen molar-refractivity contribution in [2.75, 3.05) is 7.11 Å². The van der Waals surface area contributed by atoms with Gasteiger partial charge in [0, 0.05) is 13.3 Å². The molecule has 0 fully saturated rings. The van der Waals surface area contributed by atoms with E-state index in [0.717, 1.165) is 16.9 Å². The molecule has 0 amide bonds. The molecule has 3 nitrogen and oxygen atoms in total. The van der Waals surface area contributed by atoms with E-state index in [1.807, 2.05) is 54.6 Å². The smallest absolute Gasteiger partial charge is 0.303 e. The Bertz CT molecular complexity index is 563. The van der Waals surface area contributed by atoms with Crippen LogP contribution in [0.1, 0.15) is 24.2 Å². The lowest BCUT2D eigenvalue weighted by molar-refractivity contribution is -0.146. The van der Waals surface area contributed by atoms with Crippen molar-refractivity contribution in [2.24, 2.45) is 0 Å². The Kier molecular flexibility index (Phi) is 4.77. The zero-order chi connectivity index (χ0) is 14.4. The number of hydrogen-bond donors (Lipinski definition) is 0. The number of hydrogen-bond acceptors (Lipinski definition) is 3. The van der Waals surface area contributed by atoms with Crippen molar-refractivity contribution < 1.29 is 14.3 Å². The van der Waals surface area contributed by atoms with Crippen LogP contribution in [0, 0.1) is 0 Å². The SMILES string of the molecule is COc1cccc([C@@H](Cc2ccccc2)OC(C)=O)c1. The third kappa shape index (κ3) is 3.85. The second kappa shape index (κ2) is 6.75. The Morgan fingerprint density at radius 1 is 1.10 bits per heavy atom. The highest BCUT2D eigenvalue weighted by atomic mass is 16.5. The largest absolute Gasteiger partial charge is 0.497 e. The first kappa shape index (κ1) is 14.1. The van der Waals surface area contributed by atoms with Crippen LogP contribution in [0.15, 0.2) is 54.6 Å². The highest BCUT2D eigenvalue weighted by Crippen LogP contribution is 2.25. The maximum absolute atomic E-state index is 11.3. The van der Waals surface area contributed by atoms with E-state index >= 15 is 0 Å². The van der Waals surface area contributed by atoms with Crippen molar-refractivity contribution in [1.29, 1.82) is 0 Å². The summed E-state index contributed by atoms with van der Waals surface area (Å²) in [6.45, 7) is 1.43. The van der Waals surface area contributed by atoms with E-state index in [9.17, 15) is 4.79 Å². The fourth-order valence-corrected chi connectivity index (χ4v) is 2.10. The lowest BCUT2D eigenvalue weighted by atomic mass is 10.0. The van der Waals surface area contributed by atoms with Gasteiger partial charge in [0.1, 0.15) is 11.9 Å². The van der Waals surface area contributed by atoms with Crippen LogP contribution in [0.25, 0.3) is 0 Å². The Morgan fingerprint density at radius 3 is 2.50 bits per heavy atom. The molecule has 3 heteroatoms. The molecule has 0 aliphatic heterocycles. The summed E-state index contributed by atoms with van der Waals surface area (Å²) in [5, 5.41) is 0. The normalized spacial score (nSPS) is 11.7. The van der Waals surface area contributed by atoms with Crippen LogP contribution >= 0.6 is 0 Å². The number of carbonyl (C=O) groups is 1. The van der Waals surface area contributed by atoms with Crippen LogP contribution in [0.4, 0.5) is 0 Å². The van der Waals surface area contributed by atoms with Gasteiger partial charge in [-0.2, -0.15) is 0 Å². The Balaban J connectivity index is 2.24. The van der Waals surface area contributed by atoms with Gasteiger partial charge in [0.2, 0.25) is 0 Å². The average molecular weight is 270 g/mol. The summed E-state index contributed by atoms with van der Waals surface area (Å²) in [4.78, 5) is 11.3. The van der Waals surface area contributed by atoms with E-state index < -0.39 is 0 Å². The van der Waals surface area contributed by atoms with Crippen molar-refractivity contribution in [3.8, 4) is 5.75 Å². The summed E-state index contributed by atoms with van der Waals surface area (Å²) < 4.78 is 10.7. The van der Waals surface area contributed by atoms with Crippen LogP contribution in [0.5, 0.6) is 5.75 Å². The molecule has 0 unspecified atom stereocenters. The fourth-order valence-electron chi connectivity index (χ4n) is 2.10. The molecule has 0 spiro atoms. The Morgan fingerprint density at radius 2 is 1.85 bits per heavy atom. The van der Waals surface area contributed by atoms with E-state index in [1.54, 1.807) is 7.11 Å². The molecule has 20 heavy (non-hydrogen) atoms. The zero-order valence-corrected chi connectivity index (χ0v) is 11.7. The maximum Gasteiger partial charge on any atom is 0.303 e. The van der Waals surface area contributed by atoms with Crippen molar-refractivity contribution in [3.63, 3.8) is 0 Å². The molecule has 0 N–H and O–H groups in total. The summed E-state index contributed by atoms with van der Waals surface area (Å²) in [5.74, 6) is 0.474. The molecule has 2 aromatic carbocycles. The van der Waals surface area contributed by atoms with Gasteiger partial charge in [-0.15, -0.1) is 0 Å². The monoisotopic (exact) mass is 270 g/mol. The first-order valence-corrected chi connectivity index (χ1v) is 6.54. The minimum Gasteiger partial charge on any atom is -0.497 e. The number of benzene rings is 2. The molecule has 0 aliphatic rings. The quantitative estimate of drug-likeness (QED) is 0.779. The number of esters is 1. The van der Waals surface area contributed by atoms with Crippen molar-refractivity contribution in [3.05, 3.63) is 65.7 Å². The summed E-state index contributed by atoms with van der Waals surface area (Å²) >= 11 is 0. The number of methoxy groups -OCH3 is 1. The second-order valence-corrected chi connectivity index (χ2v) is 4.56. The van der Waals surface area contributed by atoms with Crippen LogP contribution in [0.2, 0.25) is 0 Å². The maximum atomic E-state index is 11.3. The van der Waals surface area contributed by atoms with Gasteiger partial charge in [0.05, 0.1) is 7.11 Å². The molecule has 0 saturated carbocycles. The number of ether oxygens (including phenoxy) is 2. The molecule has 2 aromatic rings. The fraction of sp³-hybridized carbons (Fsp3) is 0.235. The van der Waals surface area contributed by atoms with Gasteiger partial charge in [-0.05, 0) is 23.3 Å². The lowest BCUT2D eigenvalue weighted by Crippen LogP contribution is -2.11. The summed E-state index contributed by atoms with van der Waals surface area (Å²) in [7, 11) is 1.62. The van der Waals surface area contributed by atoms with E-state index in [1.165, 1.54) is 6.92 Å². The van der Waals surface area contributed by atoms with Gasteiger partial charge in [0.15, 0.2) is 0 Å². The standard InChI is InChI=1S/C17H18O3/c1-13(18)20-17(11-14-7-4-3-5-8-14)15-9-6-10-16(12-15)19-2/h3-10,12,17H,11H2,1-2H3/t17-/m1/s1. The molecule has 0 radical (unpaired) electrons. The lowest BCUT2D eigenvalue weighted by Gasteiger charge is -2.18. The molecular weight excluding hydrogens is 252 g/mol. The van der Waals surface area contributed by atoms with Crippen molar-refractivity contribution in [1.82, 2.24) is 0 Å². The Labute approximate surface area is 119 Å². The minimum atomic E-state index is -0.301. The van der Waals surface area contributed by atoms with Crippen LogP contribution in [-0.4, -0.2) is 13.1 Å². The molecule has 0 bridgehead atoms. The first-order chi connectivity index (χ1) is 9.69. The van der Waals surface area contributed by atoms with E-state index in [0.29, 0.717) is 6.42 Å². The number of rotatable bonds is 5. The zero-order valence-electron chi connectivity index (χ0n) is 11.7. The molecular formula is C17H18O3. The first-order valence-electron chi connectivity index (χ1n) is 6.54. The van der Waals surface area contributed by atoms with Crippen molar-refractivity contribution >= 4 is 5.97 Å². The number of carbonyl (C=O) groups excluding carboxylic acids is 1.